The van der Waals surface area contributed by atoms with Crippen molar-refractivity contribution in [3.63, 3.8) is 0 Å². The van der Waals surface area contributed by atoms with Gasteiger partial charge in [-0.1, -0.05) is 12.1 Å². The first-order valence-corrected chi connectivity index (χ1v) is 8.66. The molecule has 0 aliphatic heterocycles. The van der Waals surface area contributed by atoms with Crippen LogP contribution >= 0.6 is 0 Å². The third kappa shape index (κ3) is 5.85. The molecule has 6 nitrogen and oxygen atoms in total. The smallest absolute Gasteiger partial charge is 0.219 e. The zero-order valence-corrected chi connectivity index (χ0v) is 15.0. The van der Waals surface area contributed by atoms with Crippen molar-refractivity contribution < 1.29 is 13.5 Å². The van der Waals surface area contributed by atoms with Crippen LogP contribution in [0.15, 0.2) is 70.4 Å². The summed E-state index contributed by atoms with van der Waals surface area (Å²) in [5.41, 5.74) is 0.928. The summed E-state index contributed by atoms with van der Waals surface area (Å²) in [6, 6.07) is 13.3. The maximum absolute atomic E-state index is 13.2. The quantitative estimate of drug-likeness (QED) is 0.489. The van der Waals surface area contributed by atoms with Crippen molar-refractivity contribution in [2.45, 2.75) is 20.0 Å². The number of hydrogen-bond acceptors (Lipinski definition) is 4. The normalized spacial score (nSPS) is 11.3. The Morgan fingerprint density at radius 1 is 1.19 bits per heavy atom. The van der Waals surface area contributed by atoms with Crippen molar-refractivity contribution in [2.75, 3.05) is 6.54 Å². The predicted molar refractivity (Wildman–Crippen MR) is 101 cm³/mol. The molecule has 2 aromatic heterocycles. The van der Waals surface area contributed by atoms with Crippen LogP contribution in [0.4, 0.5) is 4.39 Å². The van der Waals surface area contributed by atoms with E-state index in [1.54, 1.807) is 30.7 Å². The first-order chi connectivity index (χ1) is 13.2. The van der Waals surface area contributed by atoms with Crippen LogP contribution in [-0.4, -0.2) is 17.5 Å². The third-order valence-electron chi connectivity index (χ3n) is 3.59. The Kier molecular flexibility index (Phi) is 6.40. The molecule has 2 heterocycles. The lowest BCUT2D eigenvalue weighted by Gasteiger charge is -2.10. The average molecular weight is 368 g/mol. The molecule has 0 fully saturated rings. The van der Waals surface area contributed by atoms with Crippen molar-refractivity contribution in [2.24, 2.45) is 4.99 Å². The Hall–Kier alpha value is -3.35. The van der Waals surface area contributed by atoms with Crippen LogP contribution in [0.2, 0.25) is 0 Å². The van der Waals surface area contributed by atoms with Gasteiger partial charge in [0.15, 0.2) is 5.96 Å². The van der Waals surface area contributed by atoms with E-state index in [0.29, 0.717) is 30.7 Å². The monoisotopic (exact) mass is 368 g/mol. The van der Waals surface area contributed by atoms with E-state index in [2.05, 4.69) is 20.6 Å². The minimum atomic E-state index is -0.351. The summed E-state index contributed by atoms with van der Waals surface area (Å²) < 4.78 is 24.0. The second kappa shape index (κ2) is 9.38. The zero-order valence-electron chi connectivity index (χ0n) is 15.0. The molecule has 3 rings (SSSR count). The van der Waals surface area contributed by atoms with E-state index < -0.39 is 0 Å². The van der Waals surface area contributed by atoms with E-state index in [1.807, 2.05) is 25.1 Å². The second-order valence-electron chi connectivity index (χ2n) is 5.69. The SMILES string of the molecule is CCNC(=NCc1ccc(Oc2cccc(F)c2)nc1)NCc1ccco1. The molecule has 7 heteroatoms. The first kappa shape index (κ1) is 18.4. The summed E-state index contributed by atoms with van der Waals surface area (Å²) in [4.78, 5) is 8.78. The van der Waals surface area contributed by atoms with E-state index in [1.165, 1.54) is 12.1 Å². The summed E-state index contributed by atoms with van der Waals surface area (Å²) in [6.07, 6.45) is 3.33. The van der Waals surface area contributed by atoms with Gasteiger partial charge in [0.05, 0.1) is 19.4 Å². The molecule has 0 spiro atoms. The largest absolute Gasteiger partial charge is 0.467 e. The predicted octanol–water partition coefficient (Wildman–Crippen LogP) is 3.86. The molecule has 0 aliphatic rings. The summed E-state index contributed by atoms with van der Waals surface area (Å²) in [5, 5.41) is 6.39. The molecule has 0 atom stereocenters. The van der Waals surface area contributed by atoms with E-state index in [9.17, 15) is 4.39 Å². The first-order valence-electron chi connectivity index (χ1n) is 8.66. The van der Waals surface area contributed by atoms with Gasteiger partial charge in [0.1, 0.15) is 17.3 Å². The molecule has 27 heavy (non-hydrogen) atoms. The second-order valence-corrected chi connectivity index (χ2v) is 5.69. The number of aromatic nitrogens is 1. The minimum absolute atomic E-state index is 0.351. The van der Waals surface area contributed by atoms with Gasteiger partial charge < -0.3 is 19.8 Å². The Bertz CT molecular complexity index is 864. The highest BCUT2D eigenvalue weighted by Crippen LogP contribution is 2.20. The van der Waals surface area contributed by atoms with Crippen molar-refractivity contribution >= 4 is 5.96 Å². The van der Waals surface area contributed by atoms with Crippen LogP contribution in [0, 0.1) is 5.82 Å². The van der Waals surface area contributed by atoms with E-state index >= 15 is 0 Å². The van der Waals surface area contributed by atoms with Crippen molar-refractivity contribution in [3.05, 3.63) is 78.1 Å². The molecule has 0 unspecified atom stereocenters. The van der Waals surface area contributed by atoms with Crippen molar-refractivity contribution in [1.82, 2.24) is 15.6 Å². The van der Waals surface area contributed by atoms with Gasteiger partial charge in [-0.05, 0) is 36.8 Å². The molecule has 140 valence electrons. The van der Waals surface area contributed by atoms with Crippen molar-refractivity contribution in [1.29, 1.82) is 0 Å². The molecule has 0 saturated heterocycles. The van der Waals surface area contributed by atoms with Crippen LogP contribution in [0.5, 0.6) is 11.6 Å². The maximum Gasteiger partial charge on any atom is 0.219 e. The van der Waals surface area contributed by atoms with Crippen molar-refractivity contribution in [3.8, 4) is 11.6 Å². The summed E-state index contributed by atoms with van der Waals surface area (Å²) in [7, 11) is 0. The van der Waals surface area contributed by atoms with Gasteiger partial charge in [-0.25, -0.2) is 14.4 Å². The highest BCUT2D eigenvalue weighted by Gasteiger charge is 2.03. The summed E-state index contributed by atoms with van der Waals surface area (Å²) in [6.45, 7) is 3.77. The van der Waals surface area contributed by atoms with E-state index in [4.69, 9.17) is 9.15 Å². The lowest BCUT2D eigenvalue weighted by Crippen LogP contribution is -2.36. The number of guanidine groups is 1. The Labute approximate surface area is 157 Å². The number of nitrogens with zero attached hydrogens (tertiary/aromatic N) is 2. The van der Waals surface area contributed by atoms with Gasteiger partial charge in [-0.15, -0.1) is 0 Å². The molecule has 0 saturated carbocycles. The van der Waals surface area contributed by atoms with E-state index in [0.717, 1.165) is 17.9 Å². The zero-order chi connectivity index (χ0) is 18.9. The Balaban J connectivity index is 1.57. The Morgan fingerprint density at radius 2 is 2.11 bits per heavy atom. The average Bonchev–Trinajstić information content (AvgIpc) is 3.19. The van der Waals surface area contributed by atoms with Crippen LogP contribution < -0.4 is 15.4 Å². The number of benzene rings is 1. The van der Waals surface area contributed by atoms with Gasteiger partial charge in [-0.2, -0.15) is 0 Å². The van der Waals surface area contributed by atoms with Crippen LogP contribution in [0.3, 0.4) is 0 Å². The van der Waals surface area contributed by atoms with Crippen LogP contribution in [0.1, 0.15) is 18.2 Å². The third-order valence-corrected chi connectivity index (χ3v) is 3.59. The molecule has 1 aromatic carbocycles. The van der Waals surface area contributed by atoms with Gasteiger partial charge in [0.25, 0.3) is 0 Å². The maximum atomic E-state index is 13.2. The number of aliphatic imine (C=N–C) groups is 1. The van der Waals surface area contributed by atoms with Crippen LogP contribution in [0.25, 0.3) is 0 Å². The number of pyridine rings is 1. The van der Waals surface area contributed by atoms with Gasteiger partial charge >= 0.3 is 0 Å². The number of hydrogen-bond donors (Lipinski definition) is 2. The minimum Gasteiger partial charge on any atom is -0.467 e. The highest BCUT2D eigenvalue weighted by atomic mass is 19.1. The molecular weight excluding hydrogens is 347 g/mol. The van der Waals surface area contributed by atoms with Gasteiger partial charge in [-0.3, -0.25) is 0 Å². The lowest BCUT2D eigenvalue weighted by molar-refractivity contribution is 0.457. The summed E-state index contributed by atoms with van der Waals surface area (Å²) in [5.74, 6) is 1.98. The number of rotatable bonds is 7. The molecule has 0 radical (unpaired) electrons. The van der Waals surface area contributed by atoms with Gasteiger partial charge in [0, 0.05) is 24.9 Å². The number of halogens is 1. The Morgan fingerprint density at radius 3 is 2.81 bits per heavy atom. The molecule has 0 amide bonds. The topological polar surface area (TPSA) is 71.7 Å². The molecular formula is C20H21FN4O2. The van der Waals surface area contributed by atoms with E-state index in [-0.39, 0.29) is 5.82 Å². The fourth-order valence-corrected chi connectivity index (χ4v) is 2.31. The summed E-state index contributed by atoms with van der Waals surface area (Å²) >= 11 is 0. The molecule has 3 aromatic rings. The lowest BCUT2D eigenvalue weighted by atomic mass is 10.3. The highest BCUT2D eigenvalue weighted by molar-refractivity contribution is 5.79. The van der Waals surface area contributed by atoms with Gasteiger partial charge in [0.2, 0.25) is 5.88 Å². The molecule has 0 aliphatic carbocycles. The fourth-order valence-electron chi connectivity index (χ4n) is 2.31. The molecule has 2 N–H and O–H groups in total. The number of furan rings is 1. The standard InChI is InChI=1S/C20H21FN4O2/c1-2-22-20(25-14-18-7-4-10-26-18)24-13-15-8-9-19(23-12-15)27-17-6-3-5-16(21)11-17/h3-12H,2,13-14H2,1H3,(H2,22,24,25). The molecule has 0 bridgehead atoms. The number of ether oxygens (including phenoxy) is 1. The van der Waals surface area contributed by atoms with Crippen LogP contribution in [-0.2, 0) is 13.1 Å². The number of nitrogens with one attached hydrogen (secondary N) is 2. The fraction of sp³-hybridized carbons (Fsp3) is 0.200.